The fourth-order valence-electron chi connectivity index (χ4n) is 3.02. The van der Waals surface area contributed by atoms with Gasteiger partial charge >= 0.3 is 0 Å². The number of benzene rings is 1. The number of hydrogen-bond donors (Lipinski definition) is 1. The number of fused-ring (bicyclic) bond motifs is 1. The second-order valence-corrected chi connectivity index (χ2v) is 7.31. The van der Waals surface area contributed by atoms with Crippen LogP contribution in [0.2, 0.25) is 0 Å². The molecule has 1 fully saturated rings. The molecular formula is C19H20N2OS. The molecule has 0 aliphatic heterocycles. The van der Waals surface area contributed by atoms with Crippen LogP contribution in [-0.4, -0.2) is 10.5 Å². The first-order valence-corrected chi connectivity index (χ1v) is 9.03. The molecule has 2 heterocycles. The van der Waals surface area contributed by atoms with Gasteiger partial charge in [0.05, 0.1) is 16.3 Å². The molecule has 1 atom stereocenters. The van der Waals surface area contributed by atoms with Crippen molar-refractivity contribution in [1.29, 1.82) is 0 Å². The van der Waals surface area contributed by atoms with Crippen molar-refractivity contribution < 1.29 is 4.79 Å². The SMILES string of the molecule is C[C@@H](NC(=O)c1cc2sccc2n1CC1CC1)c1ccccc1. The molecule has 0 radical (unpaired) electrons. The smallest absolute Gasteiger partial charge is 0.268 e. The number of hydrogen-bond acceptors (Lipinski definition) is 2. The van der Waals surface area contributed by atoms with Crippen LogP contribution in [0.3, 0.4) is 0 Å². The van der Waals surface area contributed by atoms with Gasteiger partial charge in [0.25, 0.3) is 5.91 Å². The van der Waals surface area contributed by atoms with E-state index in [9.17, 15) is 4.79 Å². The highest BCUT2D eigenvalue weighted by Crippen LogP contribution is 2.34. The van der Waals surface area contributed by atoms with E-state index in [1.807, 2.05) is 43.3 Å². The monoisotopic (exact) mass is 324 g/mol. The summed E-state index contributed by atoms with van der Waals surface area (Å²) in [7, 11) is 0. The van der Waals surface area contributed by atoms with E-state index in [-0.39, 0.29) is 11.9 Å². The van der Waals surface area contributed by atoms with Crippen molar-refractivity contribution in [3.63, 3.8) is 0 Å². The molecule has 1 amide bonds. The van der Waals surface area contributed by atoms with E-state index in [1.54, 1.807) is 11.3 Å². The van der Waals surface area contributed by atoms with Crippen LogP contribution in [0.1, 0.15) is 41.9 Å². The van der Waals surface area contributed by atoms with E-state index in [0.29, 0.717) is 0 Å². The molecule has 3 aromatic rings. The number of rotatable bonds is 5. The lowest BCUT2D eigenvalue weighted by atomic mass is 10.1. The van der Waals surface area contributed by atoms with Crippen molar-refractivity contribution in [2.24, 2.45) is 5.92 Å². The minimum Gasteiger partial charge on any atom is -0.344 e. The summed E-state index contributed by atoms with van der Waals surface area (Å²) >= 11 is 1.70. The lowest BCUT2D eigenvalue weighted by Gasteiger charge is -2.16. The lowest BCUT2D eigenvalue weighted by Crippen LogP contribution is -2.28. The average molecular weight is 324 g/mol. The van der Waals surface area contributed by atoms with Crippen LogP contribution in [-0.2, 0) is 6.54 Å². The fourth-order valence-corrected chi connectivity index (χ4v) is 3.84. The molecule has 3 nitrogen and oxygen atoms in total. The second-order valence-electron chi connectivity index (χ2n) is 6.36. The van der Waals surface area contributed by atoms with Crippen molar-refractivity contribution >= 4 is 27.5 Å². The van der Waals surface area contributed by atoms with E-state index in [4.69, 9.17) is 0 Å². The molecule has 1 N–H and O–H groups in total. The zero-order chi connectivity index (χ0) is 15.8. The third-order valence-electron chi connectivity index (χ3n) is 4.54. The van der Waals surface area contributed by atoms with Gasteiger partial charge in [0.2, 0.25) is 0 Å². The number of nitrogens with zero attached hydrogens (tertiary/aromatic N) is 1. The van der Waals surface area contributed by atoms with Crippen LogP contribution in [0.5, 0.6) is 0 Å². The zero-order valence-corrected chi connectivity index (χ0v) is 14.0. The number of carbonyl (C=O) groups excluding carboxylic acids is 1. The van der Waals surface area contributed by atoms with Crippen molar-refractivity contribution in [2.75, 3.05) is 0 Å². The van der Waals surface area contributed by atoms with Crippen LogP contribution >= 0.6 is 11.3 Å². The molecule has 1 saturated carbocycles. The van der Waals surface area contributed by atoms with Gasteiger partial charge in [0.15, 0.2) is 0 Å². The summed E-state index contributed by atoms with van der Waals surface area (Å²) in [5.41, 5.74) is 3.11. The standard InChI is InChI=1S/C19H20N2OS/c1-13(15-5-3-2-4-6-15)20-19(22)17-11-18-16(9-10-23-18)21(17)12-14-7-8-14/h2-6,9-11,13-14H,7-8,12H2,1H3,(H,20,22)/t13-/m1/s1. The van der Waals surface area contributed by atoms with Crippen molar-refractivity contribution in [1.82, 2.24) is 9.88 Å². The van der Waals surface area contributed by atoms with Gasteiger partial charge in [-0.05, 0) is 48.8 Å². The molecule has 118 valence electrons. The molecule has 4 heteroatoms. The molecule has 4 rings (SSSR count). The first-order chi connectivity index (χ1) is 11.2. The number of amides is 1. The summed E-state index contributed by atoms with van der Waals surface area (Å²) in [6, 6.07) is 14.3. The van der Waals surface area contributed by atoms with Crippen molar-refractivity contribution in [2.45, 2.75) is 32.4 Å². The molecule has 23 heavy (non-hydrogen) atoms. The Morgan fingerprint density at radius 1 is 1.30 bits per heavy atom. The summed E-state index contributed by atoms with van der Waals surface area (Å²) in [6.45, 7) is 2.99. The van der Waals surface area contributed by atoms with E-state index in [1.165, 1.54) is 23.1 Å². The van der Waals surface area contributed by atoms with E-state index in [2.05, 4.69) is 21.3 Å². The molecule has 1 aromatic carbocycles. The molecular weight excluding hydrogens is 304 g/mol. The van der Waals surface area contributed by atoms with Crippen molar-refractivity contribution in [3.8, 4) is 0 Å². The van der Waals surface area contributed by atoms with Gasteiger partial charge in [-0.2, -0.15) is 0 Å². The van der Waals surface area contributed by atoms with Gasteiger partial charge < -0.3 is 9.88 Å². The highest BCUT2D eigenvalue weighted by atomic mass is 32.1. The Morgan fingerprint density at radius 3 is 2.83 bits per heavy atom. The zero-order valence-electron chi connectivity index (χ0n) is 13.2. The fraction of sp³-hybridized carbons (Fsp3) is 0.316. The van der Waals surface area contributed by atoms with Crippen molar-refractivity contribution in [3.05, 3.63) is 59.1 Å². The first-order valence-electron chi connectivity index (χ1n) is 8.15. The van der Waals surface area contributed by atoms with Gasteiger partial charge in [0.1, 0.15) is 5.69 Å². The van der Waals surface area contributed by atoms with Crippen LogP contribution < -0.4 is 5.32 Å². The predicted octanol–water partition coefficient (Wildman–Crippen LogP) is 4.60. The van der Waals surface area contributed by atoms with Crippen LogP contribution in [0.25, 0.3) is 10.2 Å². The minimum atomic E-state index is 0.00557. The maximum absolute atomic E-state index is 12.8. The molecule has 0 spiro atoms. The Bertz CT molecular complexity index is 830. The topological polar surface area (TPSA) is 34.0 Å². The van der Waals surface area contributed by atoms with Gasteiger partial charge in [0, 0.05) is 6.54 Å². The highest BCUT2D eigenvalue weighted by Gasteiger charge is 2.26. The van der Waals surface area contributed by atoms with Crippen LogP contribution in [0.15, 0.2) is 47.8 Å². The summed E-state index contributed by atoms with van der Waals surface area (Å²) in [4.78, 5) is 12.8. The minimum absolute atomic E-state index is 0.00557. The Morgan fingerprint density at radius 2 is 2.09 bits per heavy atom. The Balaban J connectivity index is 1.60. The number of carbonyl (C=O) groups is 1. The molecule has 0 unspecified atom stereocenters. The van der Waals surface area contributed by atoms with Gasteiger partial charge in [-0.1, -0.05) is 30.3 Å². The van der Waals surface area contributed by atoms with Gasteiger partial charge in [-0.15, -0.1) is 11.3 Å². The maximum Gasteiger partial charge on any atom is 0.268 e. The largest absolute Gasteiger partial charge is 0.344 e. The summed E-state index contributed by atoms with van der Waals surface area (Å²) < 4.78 is 3.40. The van der Waals surface area contributed by atoms with Gasteiger partial charge in [-0.25, -0.2) is 0 Å². The normalized spacial score (nSPS) is 15.7. The third kappa shape index (κ3) is 2.91. The van der Waals surface area contributed by atoms with Crippen LogP contribution in [0, 0.1) is 5.92 Å². The molecule has 0 saturated heterocycles. The lowest BCUT2D eigenvalue weighted by molar-refractivity contribution is 0.0930. The predicted molar refractivity (Wildman–Crippen MR) is 94.9 cm³/mol. The van der Waals surface area contributed by atoms with E-state index in [0.717, 1.165) is 23.7 Å². The molecule has 1 aliphatic carbocycles. The maximum atomic E-state index is 12.8. The molecule has 2 aromatic heterocycles. The Kier molecular flexibility index (Phi) is 3.69. The molecule has 0 bridgehead atoms. The van der Waals surface area contributed by atoms with E-state index >= 15 is 0 Å². The quantitative estimate of drug-likeness (QED) is 0.731. The van der Waals surface area contributed by atoms with E-state index < -0.39 is 0 Å². The highest BCUT2D eigenvalue weighted by molar-refractivity contribution is 7.17. The first kappa shape index (κ1) is 14.5. The van der Waals surface area contributed by atoms with Gasteiger partial charge in [-0.3, -0.25) is 4.79 Å². The number of thiophene rings is 1. The summed E-state index contributed by atoms with van der Waals surface area (Å²) in [6.07, 6.45) is 2.57. The summed E-state index contributed by atoms with van der Waals surface area (Å²) in [5.74, 6) is 0.758. The third-order valence-corrected chi connectivity index (χ3v) is 5.39. The molecule has 1 aliphatic rings. The summed E-state index contributed by atoms with van der Waals surface area (Å²) in [5, 5.41) is 5.24. The average Bonchev–Trinajstić information content (AvgIpc) is 3.15. The second kappa shape index (κ2) is 5.85. The van der Waals surface area contributed by atoms with Crippen LogP contribution in [0.4, 0.5) is 0 Å². The number of aromatic nitrogens is 1. The Labute approximate surface area is 139 Å². The Hall–Kier alpha value is -2.07. The number of nitrogens with one attached hydrogen (secondary N) is 1.